The second kappa shape index (κ2) is 8.05. The van der Waals surface area contributed by atoms with E-state index in [-0.39, 0.29) is 9.79 Å². The molecule has 2 aliphatic rings. The van der Waals surface area contributed by atoms with Crippen molar-refractivity contribution >= 4 is 20.1 Å². The monoisotopic (exact) mass is 450 g/mol. The summed E-state index contributed by atoms with van der Waals surface area (Å²) in [5.41, 5.74) is 1.92. The summed E-state index contributed by atoms with van der Waals surface area (Å²) in [5.74, 6) is 0. The maximum Gasteiger partial charge on any atom is 0.297 e. The number of benzene rings is 2. The summed E-state index contributed by atoms with van der Waals surface area (Å²) in [5, 5.41) is 0. The molecule has 2 aromatic rings. The minimum atomic E-state index is -3.99. The van der Waals surface area contributed by atoms with Crippen LogP contribution in [-0.2, 0) is 24.3 Å². The molecule has 2 fully saturated rings. The average molecular weight is 451 g/mol. The molecule has 0 radical (unpaired) electrons. The van der Waals surface area contributed by atoms with Gasteiger partial charge in [-0.15, -0.1) is 0 Å². The SMILES string of the molecule is Cc1ccc(S(=O)(=O)O[C@H]2CCN3CCN(S(=O)(=O)c4ccc(C)cc4)[C@@H]2C3)cc1. The number of sulfonamides is 1. The van der Waals surface area contributed by atoms with E-state index in [1.54, 1.807) is 36.4 Å². The number of piperazine rings is 1. The third kappa shape index (κ3) is 4.17. The Labute approximate surface area is 178 Å². The molecule has 162 valence electrons. The van der Waals surface area contributed by atoms with Crippen molar-refractivity contribution in [1.82, 2.24) is 9.21 Å². The summed E-state index contributed by atoms with van der Waals surface area (Å²) in [6, 6.07) is 12.6. The number of hydrogen-bond donors (Lipinski definition) is 0. The Morgan fingerprint density at radius 2 is 1.37 bits per heavy atom. The van der Waals surface area contributed by atoms with Crippen molar-refractivity contribution in [2.45, 2.75) is 42.2 Å². The molecular weight excluding hydrogens is 424 g/mol. The van der Waals surface area contributed by atoms with Gasteiger partial charge in [0.15, 0.2) is 0 Å². The lowest BCUT2D eigenvalue weighted by Crippen LogP contribution is -2.63. The average Bonchev–Trinajstić information content (AvgIpc) is 2.71. The standard InChI is InChI=1S/C21H26N2O5S2/c1-16-3-7-18(8-4-16)29(24,25)23-14-13-22-12-11-21(20(23)15-22)28-30(26,27)19-9-5-17(2)6-10-19/h3-10,20-21H,11-15H2,1-2H3/t20-,21+/m1/s1. The first-order valence-corrected chi connectivity index (χ1v) is 12.8. The van der Waals surface area contributed by atoms with Gasteiger partial charge in [0.2, 0.25) is 10.0 Å². The van der Waals surface area contributed by atoms with Crippen molar-refractivity contribution in [3.63, 3.8) is 0 Å². The molecule has 2 bridgehead atoms. The highest BCUT2D eigenvalue weighted by atomic mass is 32.2. The Balaban J connectivity index is 1.62. The van der Waals surface area contributed by atoms with Crippen molar-refractivity contribution in [3.8, 4) is 0 Å². The van der Waals surface area contributed by atoms with Gasteiger partial charge in [0, 0.05) is 26.2 Å². The molecule has 30 heavy (non-hydrogen) atoms. The largest absolute Gasteiger partial charge is 0.300 e. The van der Waals surface area contributed by atoms with Crippen LogP contribution in [0.5, 0.6) is 0 Å². The first-order chi connectivity index (χ1) is 14.2. The van der Waals surface area contributed by atoms with Crippen LogP contribution in [0.2, 0.25) is 0 Å². The number of hydrogen-bond acceptors (Lipinski definition) is 6. The fourth-order valence-electron chi connectivity index (χ4n) is 4.04. The highest BCUT2D eigenvalue weighted by molar-refractivity contribution is 7.89. The smallest absolute Gasteiger partial charge is 0.297 e. The normalized spacial score (nSPS) is 25.2. The molecule has 2 saturated heterocycles. The molecule has 3 atom stereocenters. The molecule has 4 rings (SSSR count). The Morgan fingerprint density at radius 3 is 1.97 bits per heavy atom. The van der Waals surface area contributed by atoms with Gasteiger partial charge < -0.3 is 4.90 Å². The minimum absolute atomic E-state index is 0.0827. The van der Waals surface area contributed by atoms with E-state index >= 15 is 0 Å². The van der Waals surface area contributed by atoms with Gasteiger partial charge in [-0.05, 0) is 44.5 Å². The molecule has 0 N–H and O–H groups in total. The van der Waals surface area contributed by atoms with Gasteiger partial charge in [-0.1, -0.05) is 35.4 Å². The highest BCUT2D eigenvalue weighted by Gasteiger charge is 2.45. The number of aryl methyl sites for hydroxylation is 2. The van der Waals surface area contributed by atoms with Crippen LogP contribution < -0.4 is 0 Å². The second-order valence-corrected chi connectivity index (χ2v) is 11.4. The molecule has 0 spiro atoms. The number of rotatable bonds is 5. The van der Waals surface area contributed by atoms with Gasteiger partial charge in [-0.3, -0.25) is 4.18 Å². The van der Waals surface area contributed by atoms with Crippen LogP contribution in [0.25, 0.3) is 0 Å². The van der Waals surface area contributed by atoms with Crippen LogP contribution in [0, 0.1) is 13.8 Å². The number of piperidine rings is 1. The van der Waals surface area contributed by atoms with Gasteiger partial charge >= 0.3 is 0 Å². The fourth-order valence-corrected chi connectivity index (χ4v) is 6.80. The summed E-state index contributed by atoms with van der Waals surface area (Å²) in [6.45, 7) is 5.85. The van der Waals surface area contributed by atoms with Crippen LogP contribution >= 0.6 is 0 Å². The molecule has 2 aliphatic heterocycles. The first-order valence-electron chi connectivity index (χ1n) is 9.98. The van der Waals surface area contributed by atoms with Crippen LogP contribution in [0.15, 0.2) is 58.3 Å². The highest BCUT2D eigenvalue weighted by Crippen LogP contribution is 2.30. The lowest BCUT2D eigenvalue weighted by atomic mass is 10.00. The molecule has 7 nitrogen and oxygen atoms in total. The second-order valence-electron chi connectivity index (χ2n) is 7.99. The molecule has 0 aliphatic carbocycles. The van der Waals surface area contributed by atoms with E-state index in [0.29, 0.717) is 32.6 Å². The molecule has 1 unspecified atom stereocenters. The maximum absolute atomic E-state index is 13.3. The lowest BCUT2D eigenvalue weighted by Gasteiger charge is -2.47. The van der Waals surface area contributed by atoms with Crippen molar-refractivity contribution in [1.29, 1.82) is 0 Å². The molecule has 2 heterocycles. The van der Waals surface area contributed by atoms with E-state index < -0.39 is 32.3 Å². The predicted molar refractivity (Wildman–Crippen MR) is 113 cm³/mol. The topological polar surface area (TPSA) is 84.0 Å². The van der Waals surface area contributed by atoms with E-state index in [4.69, 9.17) is 4.18 Å². The van der Waals surface area contributed by atoms with Crippen LogP contribution in [0.3, 0.4) is 0 Å². The van der Waals surface area contributed by atoms with Gasteiger partial charge in [-0.25, -0.2) is 8.42 Å². The summed E-state index contributed by atoms with van der Waals surface area (Å²) in [4.78, 5) is 2.45. The molecule has 0 saturated carbocycles. The quantitative estimate of drug-likeness (QED) is 0.649. The Hall–Kier alpha value is -1.78. The van der Waals surface area contributed by atoms with E-state index in [1.165, 1.54) is 16.4 Å². The van der Waals surface area contributed by atoms with E-state index in [9.17, 15) is 16.8 Å². The predicted octanol–water partition coefficient (Wildman–Crippen LogP) is 2.16. The summed E-state index contributed by atoms with van der Waals surface area (Å²) in [7, 11) is -7.75. The molecule has 9 heteroatoms. The van der Waals surface area contributed by atoms with Gasteiger partial charge in [-0.2, -0.15) is 12.7 Å². The van der Waals surface area contributed by atoms with Crippen molar-refractivity contribution in [2.24, 2.45) is 0 Å². The Morgan fingerprint density at radius 1 is 0.800 bits per heavy atom. The molecule has 0 aromatic heterocycles. The van der Waals surface area contributed by atoms with Crippen LogP contribution in [0.1, 0.15) is 17.5 Å². The summed E-state index contributed by atoms with van der Waals surface area (Å²) in [6.07, 6.45) is -0.275. The van der Waals surface area contributed by atoms with Crippen molar-refractivity contribution < 1.29 is 21.0 Å². The van der Waals surface area contributed by atoms with Crippen molar-refractivity contribution in [2.75, 3.05) is 26.2 Å². The zero-order valence-electron chi connectivity index (χ0n) is 17.1. The van der Waals surface area contributed by atoms with Gasteiger partial charge in [0.05, 0.1) is 21.9 Å². The fraction of sp³-hybridized carbons (Fsp3) is 0.429. The summed E-state index contributed by atoms with van der Waals surface area (Å²) < 4.78 is 59.3. The first kappa shape index (κ1) is 21.5. The maximum atomic E-state index is 13.3. The van der Waals surface area contributed by atoms with Crippen molar-refractivity contribution in [3.05, 3.63) is 59.7 Å². The molecule has 2 aromatic carbocycles. The van der Waals surface area contributed by atoms with E-state index in [1.807, 2.05) is 13.8 Å². The molecule has 0 amide bonds. The van der Waals surface area contributed by atoms with Crippen LogP contribution in [-0.4, -0.2) is 64.4 Å². The Kier molecular flexibility index (Phi) is 5.75. The lowest BCUT2D eigenvalue weighted by molar-refractivity contribution is 0.00455. The van der Waals surface area contributed by atoms with E-state index in [0.717, 1.165) is 11.1 Å². The molecular formula is C21H26N2O5S2. The third-order valence-corrected chi connectivity index (χ3v) is 9.09. The minimum Gasteiger partial charge on any atom is -0.300 e. The zero-order chi connectivity index (χ0) is 21.5. The van der Waals surface area contributed by atoms with E-state index in [2.05, 4.69) is 4.90 Å². The van der Waals surface area contributed by atoms with Crippen LogP contribution in [0.4, 0.5) is 0 Å². The Bertz CT molecular complexity index is 1110. The van der Waals surface area contributed by atoms with Gasteiger partial charge in [0.25, 0.3) is 10.1 Å². The zero-order valence-corrected chi connectivity index (χ0v) is 18.7. The van der Waals surface area contributed by atoms with Gasteiger partial charge in [0.1, 0.15) is 0 Å². The summed E-state index contributed by atoms with van der Waals surface area (Å²) >= 11 is 0. The number of nitrogens with zero attached hydrogens (tertiary/aromatic N) is 2. The number of fused-ring (bicyclic) bond motifs is 2. The third-order valence-electron chi connectivity index (χ3n) is 5.80.